The summed E-state index contributed by atoms with van der Waals surface area (Å²) in [6, 6.07) is 0.126. The third-order valence-corrected chi connectivity index (χ3v) is 2.64. The lowest BCUT2D eigenvalue weighted by Gasteiger charge is -2.25. The van der Waals surface area contributed by atoms with E-state index in [0.717, 1.165) is 0 Å². The molecule has 0 saturated carbocycles. The van der Waals surface area contributed by atoms with Crippen LogP contribution in [0.25, 0.3) is 0 Å². The minimum Gasteiger partial charge on any atom is -0.374 e. The normalized spacial score (nSPS) is 11.9. The second-order valence-electron chi connectivity index (χ2n) is 5.13. The maximum Gasteiger partial charge on any atom is 0.293 e. The van der Waals surface area contributed by atoms with Crippen LogP contribution in [0.5, 0.6) is 0 Å². The Labute approximate surface area is 108 Å². The van der Waals surface area contributed by atoms with Crippen molar-refractivity contribution in [2.45, 2.75) is 46.3 Å². The maximum absolute atomic E-state index is 12.1. The topological polar surface area (TPSA) is 56.1 Å². The molecule has 102 valence electrons. The zero-order valence-corrected chi connectivity index (χ0v) is 11.9. The smallest absolute Gasteiger partial charge is 0.293 e. The fraction of sp³-hybridized carbons (Fsp3) is 0.692. The van der Waals surface area contributed by atoms with Crippen LogP contribution in [-0.4, -0.2) is 28.3 Å². The quantitative estimate of drug-likeness (QED) is 0.843. The van der Waals surface area contributed by atoms with Gasteiger partial charge in [-0.3, -0.25) is 4.79 Å². The molecule has 0 aromatic carbocycles. The summed E-state index contributed by atoms with van der Waals surface area (Å²) in [5.41, 5.74) is -0.415. The van der Waals surface area contributed by atoms with E-state index in [0.29, 0.717) is 19.0 Å². The van der Waals surface area contributed by atoms with Gasteiger partial charge < -0.3 is 14.6 Å². The molecule has 5 nitrogen and oxygen atoms in total. The van der Waals surface area contributed by atoms with Gasteiger partial charge in [-0.2, -0.15) is 0 Å². The van der Waals surface area contributed by atoms with Crippen LogP contribution in [0.2, 0.25) is 0 Å². The van der Waals surface area contributed by atoms with Gasteiger partial charge in [0.1, 0.15) is 0 Å². The predicted octanol–water partition coefficient (Wildman–Crippen LogP) is 2.05. The summed E-state index contributed by atoms with van der Waals surface area (Å²) in [6.45, 7) is 11.0. The SMILES string of the molecule is CCOC(C)(C)CNc1nccn(C(C)C)c1=O. The fourth-order valence-electron chi connectivity index (χ4n) is 1.69. The molecule has 18 heavy (non-hydrogen) atoms. The largest absolute Gasteiger partial charge is 0.374 e. The van der Waals surface area contributed by atoms with Crippen molar-refractivity contribution in [3.63, 3.8) is 0 Å². The number of nitrogens with zero attached hydrogens (tertiary/aromatic N) is 2. The van der Waals surface area contributed by atoms with Gasteiger partial charge in [0.05, 0.1) is 5.60 Å². The van der Waals surface area contributed by atoms with Crippen LogP contribution >= 0.6 is 0 Å². The molecular formula is C13H23N3O2. The molecule has 1 rings (SSSR count). The zero-order chi connectivity index (χ0) is 13.8. The lowest BCUT2D eigenvalue weighted by atomic mass is 10.1. The highest BCUT2D eigenvalue weighted by Gasteiger charge is 2.18. The van der Waals surface area contributed by atoms with Crippen LogP contribution < -0.4 is 10.9 Å². The number of hydrogen-bond donors (Lipinski definition) is 1. The molecular weight excluding hydrogens is 230 g/mol. The second kappa shape index (κ2) is 6.00. The molecule has 1 heterocycles. The first-order chi connectivity index (χ1) is 8.37. The van der Waals surface area contributed by atoms with Gasteiger partial charge in [0.15, 0.2) is 5.82 Å². The van der Waals surface area contributed by atoms with Gasteiger partial charge >= 0.3 is 0 Å². The summed E-state index contributed by atoms with van der Waals surface area (Å²) in [7, 11) is 0. The molecule has 0 bridgehead atoms. The lowest BCUT2D eigenvalue weighted by molar-refractivity contribution is 0.000618. The Morgan fingerprint density at radius 2 is 2.17 bits per heavy atom. The molecule has 1 aromatic rings. The van der Waals surface area contributed by atoms with Crippen LogP contribution in [0.3, 0.4) is 0 Å². The van der Waals surface area contributed by atoms with E-state index >= 15 is 0 Å². The highest BCUT2D eigenvalue weighted by Crippen LogP contribution is 2.09. The molecule has 0 fully saturated rings. The summed E-state index contributed by atoms with van der Waals surface area (Å²) in [5, 5.41) is 3.06. The molecule has 0 radical (unpaired) electrons. The summed E-state index contributed by atoms with van der Waals surface area (Å²) in [6.07, 6.45) is 3.34. The van der Waals surface area contributed by atoms with Gasteiger partial charge in [0, 0.05) is 31.6 Å². The van der Waals surface area contributed by atoms with Crippen LogP contribution in [0.15, 0.2) is 17.2 Å². The van der Waals surface area contributed by atoms with Crippen molar-refractivity contribution in [2.75, 3.05) is 18.5 Å². The van der Waals surface area contributed by atoms with Crippen LogP contribution in [0.4, 0.5) is 5.82 Å². The Kier molecular flexibility index (Phi) is 4.90. The fourth-order valence-corrected chi connectivity index (χ4v) is 1.69. The van der Waals surface area contributed by atoms with E-state index in [-0.39, 0.29) is 17.2 Å². The van der Waals surface area contributed by atoms with Crippen molar-refractivity contribution in [2.24, 2.45) is 0 Å². The van der Waals surface area contributed by atoms with Gasteiger partial charge in [-0.25, -0.2) is 4.98 Å². The van der Waals surface area contributed by atoms with E-state index in [1.807, 2.05) is 34.6 Å². The Hall–Kier alpha value is -1.36. The minimum atomic E-state index is -0.318. The van der Waals surface area contributed by atoms with Gasteiger partial charge in [-0.05, 0) is 34.6 Å². The summed E-state index contributed by atoms with van der Waals surface area (Å²) in [5.74, 6) is 0.374. The van der Waals surface area contributed by atoms with Gasteiger partial charge in [-0.15, -0.1) is 0 Å². The maximum atomic E-state index is 12.1. The van der Waals surface area contributed by atoms with Crippen LogP contribution in [0.1, 0.15) is 40.7 Å². The van der Waals surface area contributed by atoms with E-state index in [1.54, 1.807) is 17.0 Å². The Bertz CT molecular complexity index is 438. The van der Waals surface area contributed by atoms with E-state index in [1.165, 1.54) is 0 Å². The first kappa shape index (κ1) is 14.7. The van der Waals surface area contributed by atoms with Crippen molar-refractivity contribution in [1.29, 1.82) is 0 Å². The average Bonchev–Trinajstić information content (AvgIpc) is 2.27. The summed E-state index contributed by atoms with van der Waals surface area (Å²) < 4.78 is 7.23. The van der Waals surface area contributed by atoms with Crippen molar-refractivity contribution in [3.8, 4) is 0 Å². The second-order valence-corrected chi connectivity index (χ2v) is 5.13. The molecule has 0 aliphatic heterocycles. The van der Waals surface area contributed by atoms with E-state index in [2.05, 4.69) is 10.3 Å². The Balaban J connectivity index is 2.80. The summed E-state index contributed by atoms with van der Waals surface area (Å²) >= 11 is 0. The van der Waals surface area contributed by atoms with Crippen molar-refractivity contribution in [3.05, 3.63) is 22.7 Å². The molecule has 0 aliphatic carbocycles. The number of aromatic nitrogens is 2. The van der Waals surface area contributed by atoms with Crippen molar-refractivity contribution < 1.29 is 4.74 Å². The highest BCUT2D eigenvalue weighted by atomic mass is 16.5. The number of ether oxygens (including phenoxy) is 1. The van der Waals surface area contributed by atoms with Gasteiger partial charge in [-0.1, -0.05) is 0 Å². The third-order valence-electron chi connectivity index (χ3n) is 2.64. The van der Waals surface area contributed by atoms with Crippen LogP contribution in [-0.2, 0) is 4.74 Å². The van der Waals surface area contributed by atoms with E-state index in [4.69, 9.17) is 4.74 Å². The first-order valence-corrected chi connectivity index (χ1v) is 6.32. The lowest BCUT2D eigenvalue weighted by Crippen LogP contribution is -2.36. The number of rotatable bonds is 6. The average molecular weight is 253 g/mol. The first-order valence-electron chi connectivity index (χ1n) is 6.32. The van der Waals surface area contributed by atoms with E-state index in [9.17, 15) is 4.79 Å². The van der Waals surface area contributed by atoms with Gasteiger partial charge in [0.25, 0.3) is 5.56 Å². The monoisotopic (exact) mass is 253 g/mol. The predicted molar refractivity (Wildman–Crippen MR) is 73.1 cm³/mol. The molecule has 0 spiro atoms. The number of anilines is 1. The van der Waals surface area contributed by atoms with Crippen molar-refractivity contribution >= 4 is 5.82 Å². The number of nitrogens with one attached hydrogen (secondary N) is 1. The van der Waals surface area contributed by atoms with Crippen LogP contribution in [0, 0.1) is 0 Å². The molecule has 1 N–H and O–H groups in total. The Morgan fingerprint density at radius 1 is 1.50 bits per heavy atom. The standard InChI is InChI=1S/C13H23N3O2/c1-6-18-13(4,5)9-15-11-12(17)16(10(2)3)8-7-14-11/h7-8,10H,6,9H2,1-5H3,(H,14,15). The minimum absolute atomic E-state index is 0.0974. The molecule has 1 aromatic heterocycles. The summed E-state index contributed by atoms with van der Waals surface area (Å²) in [4.78, 5) is 16.2. The zero-order valence-electron chi connectivity index (χ0n) is 11.9. The number of hydrogen-bond acceptors (Lipinski definition) is 4. The van der Waals surface area contributed by atoms with Gasteiger partial charge in [0.2, 0.25) is 0 Å². The van der Waals surface area contributed by atoms with E-state index < -0.39 is 0 Å². The Morgan fingerprint density at radius 3 is 2.72 bits per heavy atom. The molecule has 0 amide bonds. The highest BCUT2D eigenvalue weighted by molar-refractivity contribution is 5.31. The molecule has 0 unspecified atom stereocenters. The third kappa shape index (κ3) is 3.84. The van der Waals surface area contributed by atoms with Crippen molar-refractivity contribution in [1.82, 2.24) is 9.55 Å². The molecule has 0 atom stereocenters. The molecule has 5 heteroatoms. The molecule has 0 aliphatic rings. The molecule has 0 saturated heterocycles.